The van der Waals surface area contributed by atoms with Crippen LogP contribution in [0, 0.1) is 0 Å². The van der Waals surface area contributed by atoms with Crippen LogP contribution in [0.2, 0.25) is 0 Å². The summed E-state index contributed by atoms with van der Waals surface area (Å²) in [4.78, 5) is 17.8. The first-order valence-electron chi connectivity index (χ1n) is 7.35. The second-order valence-corrected chi connectivity index (χ2v) is 5.98. The molecule has 3 N–H and O–H groups in total. The van der Waals surface area contributed by atoms with Crippen molar-refractivity contribution in [2.75, 3.05) is 25.0 Å². The van der Waals surface area contributed by atoms with Gasteiger partial charge in [0.15, 0.2) is 5.13 Å². The fourth-order valence-corrected chi connectivity index (χ4v) is 2.95. The molecule has 0 saturated heterocycles. The molecule has 0 aliphatic carbocycles. The smallest absolute Gasteiger partial charge is 0.223 e. The zero-order chi connectivity index (χ0) is 15.8. The summed E-state index contributed by atoms with van der Waals surface area (Å²) < 4.78 is 0. The lowest BCUT2D eigenvalue weighted by atomic mass is 10.1. The molecule has 0 bridgehead atoms. The molecule has 1 aromatic heterocycles. The van der Waals surface area contributed by atoms with E-state index < -0.39 is 0 Å². The van der Waals surface area contributed by atoms with Crippen LogP contribution in [0.3, 0.4) is 0 Å². The van der Waals surface area contributed by atoms with Crippen LogP contribution in [0.1, 0.15) is 18.2 Å². The van der Waals surface area contributed by atoms with E-state index in [2.05, 4.69) is 39.5 Å². The van der Waals surface area contributed by atoms with Crippen molar-refractivity contribution in [2.45, 2.75) is 19.9 Å². The third kappa shape index (κ3) is 8.08. The lowest BCUT2D eigenvalue weighted by Gasteiger charge is -2.20. The molecule has 2 rings (SSSR count). The molecular formula is C16H24Cl2N4OS. The highest BCUT2D eigenvalue weighted by atomic mass is 35.5. The minimum atomic E-state index is -0.0937. The number of thiazole rings is 1. The Morgan fingerprint density at radius 1 is 1.25 bits per heavy atom. The molecule has 134 valence electrons. The standard InChI is InChI=1S/C16H22N4OS.2ClH/c1-13(21)18-16-19-15(12-22-16)11-20(10-8-17)9-7-14-5-3-2-4-6-14;;/h2-6,12H,7-11,17H2,1H3,(H,18,19,21);2*1H. The maximum absolute atomic E-state index is 11.0. The molecule has 5 nitrogen and oxygen atoms in total. The zero-order valence-corrected chi connectivity index (χ0v) is 16.1. The lowest BCUT2D eigenvalue weighted by Crippen LogP contribution is -2.31. The van der Waals surface area contributed by atoms with Gasteiger partial charge in [0.1, 0.15) is 0 Å². The first-order valence-corrected chi connectivity index (χ1v) is 8.23. The first-order chi connectivity index (χ1) is 10.7. The predicted octanol–water partition coefficient (Wildman–Crippen LogP) is 2.95. The summed E-state index contributed by atoms with van der Waals surface area (Å²) in [5, 5.41) is 5.35. The van der Waals surface area contributed by atoms with Gasteiger partial charge in [-0.3, -0.25) is 9.69 Å². The molecule has 1 aromatic carbocycles. The van der Waals surface area contributed by atoms with Gasteiger partial charge in [-0.05, 0) is 12.0 Å². The molecule has 0 atom stereocenters. The Hall–Kier alpha value is -1.18. The van der Waals surface area contributed by atoms with Gasteiger partial charge < -0.3 is 11.1 Å². The third-order valence-corrected chi connectivity index (χ3v) is 4.03. The van der Waals surface area contributed by atoms with Crippen LogP contribution in [0.4, 0.5) is 5.13 Å². The Balaban J connectivity index is 0.00000264. The van der Waals surface area contributed by atoms with E-state index in [1.807, 2.05) is 11.4 Å². The molecule has 0 radical (unpaired) electrons. The summed E-state index contributed by atoms with van der Waals surface area (Å²) in [6, 6.07) is 10.4. The largest absolute Gasteiger partial charge is 0.329 e. The van der Waals surface area contributed by atoms with E-state index in [9.17, 15) is 4.79 Å². The second kappa shape index (κ2) is 12.2. The van der Waals surface area contributed by atoms with Crippen LogP contribution in [0.15, 0.2) is 35.7 Å². The average Bonchev–Trinajstić information content (AvgIpc) is 2.92. The topological polar surface area (TPSA) is 71.2 Å². The predicted molar refractivity (Wildman–Crippen MR) is 105 cm³/mol. The van der Waals surface area contributed by atoms with Crippen molar-refractivity contribution in [1.29, 1.82) is 0 Å². The number of nitrogens with one attached hydrogen (secondary N) is 1. The summed E-state index contributed by atoms with van der Waals surface area (Å²) >= 11 is 1.45. The normalized spacial score (nSPS) is 9.96. The molecule has 1 heterocycles. The molecule has 8 heteroatoms. The van der Waals surface area contributed by atoms with E-state index in [1.54, 1.807) is 0 Å². The second-order valence-electron chi connectivity index (χ2n) is 5.13. The van der Waals surface area contributed by atoms with Crippen molar-refractivity contribution >= 4 is 47.2 Å². The van der Waals surface area contributed by atoms with Crippen LogP contribution in [0.25, 0.3) is 0 Å². The minimum absolute atomic E-state index is 0. The van der Waals surface area contributed by atoms with Gasteiger partial charge in [-0.2, -0.15) is 0 Å². The number of anilines is 1. The molecule has 0 aliphatic rings. The highest BCUT2D eigenvalue weighted by Gasteiger charge is 2.09. The van der Waals surface area contributed by atoms with E-state index in [-0.39, 0.29) is 30.7 Å². The molecule has 0 spiro atoms. The number of aromatic nitrogens is 1. The molecule has 0 saturated carbocycles. The number of carbonyl (C=O) groups excluding carboxylic acids is 1. The fraction of sp³-hybridized carbons (Fsp3) is 0.375. The number of carbonyl (C=O) groups is 1. The number of benzene rings is 1. The zero-order valence-electron chi connectivity index (χ0n) is 13.6. The number of amides is 1. The summed E-state index contributed by atoms with van der Waals surface area (Å²) in [5.74, 6) is -0.0937. The van der Waals surface area contributed by atoms with Crippen LogP contribution < -0.4 is 11.1 Å². The average molecular weight is 391 g/mol. The lowest BCUT2D eigenvalue weighted by molar-refractivity contribution is -0.114. The van der Waals surface area contributed by atoms with Crippen molar-refractivity contribution in [3.8, 4) is 0 Å². The molecule has 0 fully saturated rings. The minimum Gasteiger partial charge on any atom is -0.329 e. The van der Waals surface area contributed by atoms with Gasteiger partial charge in [-0.25, -0.2) is 4.98 Å². The van der Waals surface area contributed by atoms with Gasteiger partial charge in [0.05, 0.1) is 5.69 Å². The Morgan fingerprint density at radius 2 is 1.96 bits per heavy atom. The highest BCUT2D eigenvalue weighted by Crippen LogP contribution is 2.16. The van der Waals surface area contributed by atoms with Gasteiger partial charge in [0.25, 0.3) is 0 Å². The Bertz CT molecular complexity index is 595. The van der Waals surface area contributed by atoms with Crippen molar-refractivity contribution in [3.63, 3.8) is 0 Å². The molecule has 0 aliphatic heterocycles. The Kier molecular flexibility index (Phi) is 11.6. The Labute approximate surface area is 159 Å². The first kappa shape index (κ1) is 22.8. The maximum atomic E-state index is 11.0. The van der Waals surface area contributed by atoms with E-state index in [0.717, 1.165) is 31.7 Å². The van der Waals surface area contributed by atoms with Crippen molar-refractivity contribution in [1.82, 2.24) is 9.88 Å². The van der Waals surface area contributed by atoms with E-state index in [4.69, 9.17) is 5.73 Å². The SMILES string of the molecule is CC(=O)Nc1nc(CN(CCN)CCc2ccccc2)cs1.Cl.Cl. The quantitative estimate of drug-likeness (QED) is 0.726. The van der Waals surface area contributed by atoms with Crippen molar-refractivity contribution < 1.29 is 4.79 Å². The molecule has 24 heavy (non-hydrogen) atoms. The van der Waals surface area contributed by atoms with Gasteiger partial charge in [0, 0.05) is 38.5 Å². The third-order valence-electron chi connectivity index (χ3n) is 3.23. The summed E-state index contributed by atoms with van der Waals surface area (Å²) in [5.41, 5.74) is 8.00. The summed E-state index contributed by atoms with van der Waals surface area (Å²) in [6.07, 6.45) is 0.990. The fourth-order valence-electron chi connectivity index (χ4n) is 2.20. The van der Waals surface area contributed by atoms with E-state index >= 15 is 0 Å². The highest BCUT2D eigenvalue weighted by molar-refractivity contribution is 7.13. The number of nitrogens with two attached hydrogens (primary N) is 1. The van der Waals surface area contributed by atoms with Crippen molar-refractivity contribution in [2.24, 2.45) is 5.73 Å². The van der Waals surface area contributed by atoms with Crippen LogP contribution >= 0.6 is 36.2 Å². The van der Waals surface area contributed by atoms with E-state index in [1.165, 1.54) is 23.8 Å². The van der Waals surface area contributed by atoms with Gasteiger partial charge >= 0.3 is 0 Å². The molecule has 1 amide bonds. The van der Waals surface area contributed by atoms with Gasteiger partial charge in [-0.15, -0.1) is 36.2 Å². The maximum Gasteiger partial charge on any atom is 0.223 e. The molecule has 2 aromatic rings. The van der Waals surface area contributed by atoms with Gasteiger partial charge in [0.2, 0.25) is 5.91 Å². The molecule has 0 unspecified atom stereocenters. The number of nitrogens with zero attached hydrogens (tertiary/aromatic N) is 2. The number of hydrogen-bond donors (Lipinski definition) is 2. The number of hydrogen-bond acceptors (Lipinski definition) is 5. The van der Waals surface area contributed by atoms with Gasteiger partial charge in [-0.1, -0.05) is 30.3 Å². The summed E-state index contributed by atoms with van der Waals surface area (Å²) in [6.45, 7) is 4.63. The van der Waals surface area contributed by atoms with Crippen molar-refractivity contribution in [3.05, 3.63) is 47.0 Å². The van der Waals surface area contributed by atoms with Crippen LogP contribution in [-0.2, 0) is 17.8 Å². The number of halogens is 2. The number of rotatable bonds is 8. The Morgan fingerprint density at radius 3 is 2.58 bits per heavy atom. The van der Waals surface area contributed by atoms with E-state index in [0.29, 0.717) is 11.7 Å². The molecular weight excluding hydrogens is 367 g/mol. The monoisotopic (exact) mass is 390 g/mol. The van der Waals surface area contributed by atoms with Crippen LogP contribution in [-0.4, -0.2) is 35.4 Å². The summed E-state index contributed by atoms with van der Waals surface area (Å²) in [7, 11) is 0. The van der Waals surface area contributed by atoms with Crippen LogP contribution in [0.5, 0.6) is 0 Å².